The van der Waals surface area contributed by atoms with Gasteiger partial charge in [0.05, 0.1) is 6.61 Å². The Balaban J connectivity index is 1.81. The van der Waals surface area contributed by atoms with Crippen LogP contribution in [0.2, 0.25) is 0 Å². The van der Waals surface area contributed by atoms with Crippen LogP contribution in [0.15, 0.2) is 89.0 Å². The molecule has 0 saturated carbocycles. The van der Waals surface area contributed by atoms with E-state index in [9.17, 15) is 18.0 Å². The number of aliphatic hydroxyl groups excluding tert-OH is 1. The quantitative estimate of drug-likeness (QED) is 0.139. The molecular weight excluding hydrogens is 527 g/mol. The second kappa shape index (κ2) is 12.5. The fraction of sp³-hybridized carbons (Fsp3) is 0.286. The average Bonchev–Trinajstić information content (AvgIpc) is 3.34. The molecule has 208 valence electrons. The van der Waals surface area contributed by atoms with Gasteiger partial charge in [0, 0.05) is 35.6 Å². The summed E-state index contributed by atoms with van der Waals surface area (Å²) in [6, 6.07) is 21.7. The molecule has 0 fully saturated rings. The van der Waals surface area contributed by atoms with Crippen molar-refractivity contribution in [3.8, 4) is 5.75 Å². The summed E-state index contributed by atoms with van der Waals surface area (Å²) >= 11 is 0. The third kappa shape index (κ3) is 6.71. The van der Waals surface area contributed by atoms with Crippen LogP contribution in [0.3, 0.4) is 0 Å². The number of nitrogens with zero attached hydrogens (tertiary/aromatic N) is 4. The number of ether oxygens (including phenoxy) is 2. The minimum atomic E-state index is -4.65. The number of amides is 1. The van der Waals surface area contributed by atoms with Crippen LogP contribution < -0.4 is 10.1 Å². The van der Waals surface area contributed by atoms with Crippen molar-refractivity contribution in [2.75, 3.05) is 19.8 Å². The number of nitrogens with one attached hydrogen (secondary N) is 1. The van der Waals surface area contributed by atoms with Crippen molar-refractivity contribution in [3.05, 3.63) is 106 Å². The van der Waals surface area contributed by atoms with Crippen LogP contribution >= 0.6 is 0 Å². The molecule has 2 atom stereocenters. The number of aliphatic imine (C=N–C) groups is 1. The van der Waals surface area contributed by atoms with Crippen LogP contribution in [0.5, 0.6) is 5.75 Å². The van der Waals surface area contributed by atoms with Gasteiger partial charge in [-0.3, -0.25) is 4.79 Å². The maximum atomic E-state index is 13.7. The Labute approximate surface area is 227 Å². The number of rotatable bonds is 11. The van der Waals surface area contributed by atoms with Crippen molar-refractivity contribution < 1.29 is 32.5 Å². The van der Waals surface area contributed by atoms with Crippen LogP contribution in [-0.2, 0) is 16.0 Å². The lowest BCUT2D eigenvalue weighted by molar-refractivity contribution is -0.143. The molecule has 0 spiro atoms. The highest BCUT2D eigenvalue weighted by molar-refractivity contribution is 6.01. The van der Waals surface area contributed by atoms with E-state index in [1.807, 2.05) is 5.32 Å². The topological polar surface area (TPSA) is 129 Å². The van der Waals surface area contributed by atoms with Gasteiger partial charge < -0.3 is 19.9 Å². The molecular formula is C28H26F3N5O4. The molecule has 1 aliphatic rings. The van der Waals surface area contributed by atoms with E-state index >= 15 is 0 Å². The van der Waals surface area contributed by atoms with Crippen LogP contribution in [0.25, 0.3) is 10.4 Å². The monoisotopic (exact) mass is 553 g/mol. The molecule has 9 nitrogen and oxygen atoms in total. The second-order valence-corrected chi connectivity index (χ2v) is 8.99. The maximum absolute atomic E-state index is 13.7. The number of hydrogen-bond acceptors (Lipinski definition) is 6. The molecule has 3 aromatic rings. The van der Waals surface area contributed by atoms with E-state index in [0.29, 0.717) is 35.5 Å². The Hall–Kier alpha value is -4.54. The summed E-state index contributed by atoms with van der Waals surface area (Å²) in [6.45, 7) is -1.25. The minimum absolute atomic E-state index is 0.00903. The standard InChI is InChI=1S/C28H26F3N5O4/c29-28(30,31)18-33-26(38)27(17-21-9-4-5-10-23(21)35-36-32)24(19-7-2-1-3-8-19)40-25(34-27)20-11-13-22(14-12-20)39-16-6-15-37/h1-5,7-14,24,37H,6,15-18H2,(H,33,38)/t24-,27-/m1/s1. The highest BCUT2D eigenvalue weighted by atomic mass is 19.4. The molecule has 0 unspecified atom stereocenters. The lowest BCUT2D eigenvalue weighted by Crippen LogP contribution is -2.51. The molecule has 1 heterocycles. The van der Waals surface area contributed by atoms with E-state index < -0.39 is 30.3 Å². The Kier molecular flexibility index (Phi) is 8.93. The number of alkyl halides is 3. The highest BCUT2D eigenvalue weighted by Gasteiger charge is 2.54. The zero-order valence-corrected chi connectivity index (χ0v) is 21.2. The molecule has 1 aliphatic heterocycles. The largest absolute Gasteiger partial charge is 0.494 e. The van der Waals surface area contributed by atoms with Crippen molar-refractivity contribution in [3.63, 3.8) is 0 Å². The SMILES string of the molecule is [N-]=[N+]=Nc1ccccc1C[C@@]1(C(=O)NCC(F)(F)F)N=C(c2ccc(OCCCO)cc2)O[C@@H]1c1ccccc1. The second-order valence-electron chi connectivity index (χ2n) is 8.99. The number of azide groups is 1. The molecule has 2 N–H and O–H groups in total. The fourth-order valence-electron chi connectivity index (χ4n) is 4.34. The molecule has 0 radical (unpaired) electrons. The van der Waals surface area contributed by atoms with E-state index in [4.69, 9.17) is 20.1 Å². The normalized spacial score (nSPS) is 18.3. The van der Waals surface area contributed by atoms with Gasteiger partial charge in [-0.1, -0.05) is 59.7 Å². The Morgan fingerprint density at radius 3 is 2.48 bits per heavy atom. The molecule has 12 heteroatoms. The van der Waals surface area contributed by atoms with Gasteiger partial charge in [0.25, 0.3) is 5.91 Å². The summed E-state index contributed by atoms with van der Waals surface area (Å²) < 4.78 is 51.3. The predicted octanol–water partition coefficient (Wildman–Crippen LogP) is 5.57. The summed E-state index contributed by atoms with van der Waals surface area (Å²) in [7, 11) is 0. The first-order valence-corrected chi connectivity index (χ1v) is 12.4. The highest BCUT2D eigenvalue weighted by Crippen LogP contribution is 2.43. The van der Waals surface area contributed by atoms with E-state index in [-0.39, 0.29) is 24.6 Å². The van der Waals surface area contributed by atoms with Gasteiger partial charge >= 0.3 is 6.18 Å². The first kappa shape index (κ1) is 28.5. The molecule has 3 aromatic carbocycles. The summed E-state index contributed by atoms with van der Waals surface area (Å²) in [5, 5.41) is 14.6. The molecule has 0 aliphatic carbocycles. The van der Waals surface area contributed by atoms with Gasteiger partial charge in [-0.2, -0.15) is 13.2 Å². The Bertz CT molecular complexity index is 1390. The number of benzene rings is 3. The van der Waals surface area contributed by atoms with Crippen molar-refractivity contribution in [2.45, 2.75) is 30.7 Å². The van der Waals surface area contributed by atoms with Crippen molar-refractivity contribution in [2.24, 2.45) is 10.1 Å². The van der Waals surface area contributed by atoms with Crippen molar-refractivity contribution >= 4 is 17.5 Å². The van der Waals surface area contributed by atoms with Crippen LogP contribution in [-0.4, -0.2) is 48.4 Å². The molecule has 1 amide bonds. The lowest BCUT2D eigenvalue weighted by Gasteiger charge is -2.31. The summed E-state index contributed by atoms with van der Waals surface area (Å²) in [5.74, 6) is -0.402. The lowest BCUT2D eigenvalue weighted by atomic mass is 9.81. The molecule has 4 rings (SSSR count). The predicted molar refractivity (Wildman–Crippen MR) is 141 cm³/mol. The van der Waals surface area contributed by atoms with Crippen molar-refractivity contribution in [1.82, 2.24) is 5.32 Å². The number of carbonyl (C=O) groups excluding carboxylic acids is 1. The fourth-order valence-corrected chi connectivity index (χ4v) is 4.34. The Morgan fingerprint density at radius 1 is 1.10 bits per heavy atom. The van der Waals surface area contributed by atoms with E-state index in [1.165, 1.54) is 0 Å². The zero-order valence-electron chi connectivity index (χ0n) is 21.2. The molecule has 0 bridgehead atoms. The summed E-state index contributed by atoms with van der Waals surface area (Å²) in [6.07, 6.45) is -5.50. The number of carbonyl (C=O) groups is 1. The summed E-state index contributed by atoms with van der Waals surface area (Å²) in [5.41, 5.74) is 8.79. The number of hydrogen-bond donors (Lipinski definition) is 2. The molecule has 40 heavy (non-hydrogen) atoms. The van der Waals surface area contributed by atoms with Gasteiger partial charge in [0.2, 0.25) is 5.90 Å². The third-order valence-corrected chi connectivity index (χ3v) is 6.19. The van der Waals surface area contributed by atoms with E-state index in [2.05, 4.69) is 15.0 Å². The summed E-state index contributed by atoms with van der Waals surface area (Å²) in [4.78, 5) is 21.2. The third-order valence-electron chi connectivity index (χ3n) is 6.19. The Morgan fingerprint density at radius 2 is 1.80 bits per heavy atom. The first-order valence-electron chi connectivity index (χ1n) is 12.4. The maximum Gasteiger partial charge on any atom is 0.405 e. The first-order chi connectivity index (χ1) is 19.3. The minimum Gasteiger partial charge on any atom is -0.494 e. The van der Waals surface area contributed by atoms with E-state index in [1.54, 1.807) is 78.9 Å². The van der Waals surface area contributed by atoms with Gasteiger partial charge in [0.15, 0.2) is 11.6 Å². The molecule has 0 saturated heterocycles. The smallest absolute Gasteiger partial charge is 0.405 e. The number of aliphatic hydroxyl groups is 1. The van der Waals surface area contributed by atoms with Gasteiger partial charge in [-0.15, -0.1) is 0 Å². The van der Waals surface area contributed by atoms with Crippen molar-refractivity contribution in [1.29, 1.82) is 0 Å². The number of halogens is 3. The zero-order chi connectivity index (χ0) is 28.6. The van der Waals surface area contributed by atoms with Gasteiger partial charge in [-0.25, -0.2) is 4.99 Å². The van der Waals surface area contributed by atoms with Gasteiger partial charge in [-0.05, 0) is 40.9 Å². The van der Waals surface area contributed by atoms with Gasteiger partial charge in [0.1, 0.15) is 12.3 Å². The van der Waals surface area contributed by atoms with Crippen LogP contribution in [0, 0.1) is 0 Å². The van der Waals surface area contributed by atoms with E-state index in [0.717, 1.165) is 0 Å². The van der Waals surface area contributed by atoms with Crippen LogP contribution in [0.1, 0.15) is 29.2 Å². The van der Waals surface area contributed by atoms with Crippen LogP contribution in [0.4, 0.5) is 18.9 Å². The average molecular weight is 554 g/mol. The molecule has 0 aromatic heterocycles.